The van der Waals surface area contributed by atoms with Crippen molar-refractivity contribution in [2.75, 3.05) is 12.4 Å². The molecule has 0 saturated heterocycles. The molecule has 96 valence electrons. The zero-order chi connectivity index (χ0) is 13.4. The summed E-state index contributed by atoms with van der Waals surface area (Å²) in [6.45, 7) is 0. The maximum atomic E-state index is 13.8. The molecular weight excluding hydrogens is 311 g/mol. The summed E-state index contributed by atoms with van der Waals surface area (Å²) in [6, 6.07) is 8.44. The number of benzene rings is 1. The van der Waals surface area contributed by atoms with Gasteiger partial charge in [-0.2, -0.15) is 0 Å². The highest BCUT2D eigenvalue weighted by Gasteiger charge is 2.11. The van der Waals surface area contributed by atoms with Crippen LogP contribution in [-0.2, 0) is 0 Å². The van der Waals surface area contributed by atoms with Crippen molar-refractivity contribution < 1.29 is 4.39 Å². The monoisotopic (exact) mass is 320 g/mol. The molecule has 6 heteroatoms. The van der Waals surface area contributed by atoms with E-state index in [2.05, 4.69) is 36.2 Å². The maximum Gasteiger partial charge on any atom is 0.180 e. The molecule has 3 aromatic rings. The summed E-state index contributed by atoms with van der Waals surface area (Å²) >= 11 is 3.33. The number of aromatic amines is 1. The van der Waals surface area contributed by atoms with Crippen LogP contribution in [0.4, 0.5) is 10.2 Å². The maximum absolute atomic E-state index is 13.8. The predicted molar refractivity (Wildman–Crippen MR) is 76.5 cm³/mol. The largest absolute Gasteiger partial charge is 0.373 e. The van der Waals surface area contributed by atoms with E-state index < -0.39 is 0 Å². The van der Waals surface area contributed by atoms with Crippen LogP contribution in [-0.4, -0.2) is 22.0 Å². The number of hydrogen-bond donors (Lipinski definition) is 2. The van der Waals surface area contributed by atoms with Gasteiger partial charge in [0, 0.05) is 11.5 Å². The van der Waals surface area contributed by atoms with Crippen molar-refractivity contribution in [3.8, 4) is 11.4 Å². The first-order chi connectivity index (χ1) is 9.17. The predicted octanol–water partition coefficient (Wildman–Crippen LogP) is 3.57. The Morgan fingerprint density at radius 3 is 2.84 bits per heavy atom. The van der Waals surface area contributed by atoms with Crippen LogP contribution in [0.25, 0.3) is 22.6 Å². The summed E-state index contributed by atoms with van der Waals surface area (Å²) < 4.78 is 14.6. The van der Waals surface area contributed by atoms with Gasteiger partial charge < -0.3 is 10.3 Å². The number of anilines is 1. The molecule has 3 rings (SSSR count). The number of fused-ring (bicyclic) bond motifs is 1. The van der Waals surface area contributed by atoms with Gasteiger partial charge in [-0.1, -0.05) is 15.9 Å². The van der Waals surface area contributed by atoms with Crippen molar-refractivity contribution in [2.45, 2.75) is 0 Å². The molecule has 0 atom stereocenters. The summed E-state index contributed by atoms with van der Waals surface area (Å²) in [6.07, 6.45) is 0. The number of imidazole rings is 1. The molecule has 0 aliphatic carbocycles. The zero-order valence-corrected chi connectivity index (χ0v) is 11.6. The first kappa shape index (κ1) is 12.1. The number of halogens is 2. The average Bonchev–Trinajstić information content (AvgIpc) is 2.83. The van der Waals surface area contributed by atoms with Gasteiger partial charge in [0.1, 0.15) is 17.5 Å². The third-order valence-corrected chi connectivity index (χ3v) is 3.28. The summed E-state index contributed by atoms with van der Waals surface area (Å²) in [5, 5.41) is 2.94. The van der Waals surface area contributed by atoms with E-state index in [1.54, 1.807) is 19.2 Å². The van der Waals surface area contributed by atoms with Crippen molar-refractivity contribution in [3.63, 3.8) is 0 Å². The number of pyridine rings is 1. The Labute approximate surface area is 117 Å². The van der Waals surface area contributed by atoms with Crippen LogP contribution in [0.1, 0.15) is 0 Å². The normalized spacial score (nSPS) is 10.9. The molecule has 0 amide bonds. The summed E-state index contributed by atoms with van der Waals surface area (Å²) in [4.78, 5) is 11.7. The molecule has 1 aromatic carbocycles. The van der Waals surface area contributed by atoms with E-state index in [4.69, 9.17) is 0 Å². The highest BCUT2D eigenvalue weighted by molar-refractivity contribution is 9.10. The molecule has 0 unspecified atom stereocenters. The van der Waals surface area contributed by atoms with E-state index in [1.807, 2.05) is 12.1 Å². The summed E-state index contributed by atoms with van der Waals surface area (Å²) in [5.41, 5.74) is 1.74. The van der Waals surface area contributed by atoms with Crippen molar-refractivity contribution >= 4 is 32.9 Å². The van der Waals surface area contributed by atoms with Gasteiger partial charge in [-0.15, -0.1) is 0 Å². The Bertz CT molecular complexity index is 753. The zero-order valence-electron chi connectivity index (χ0n) is 10.0. The number of nitrogens with zero attached hydrogens (tertiary/aromatic N) is 2. The first-order valence-corrected chi connectivity index (χ1v) is 6.46. The Kier molecular flexibility index (Phi) is 2.94. The standard InChI is InChI=1S/C13H10BrFN4/c1-16-11-5-4-10-13(18-11)19-12(17-10)8-6-7(14)2-3-9(8)15/h2-6H,1H3,(H2,16,17,18,19). The molecule has 0 aliphatic heterocycles. The summed E-state index contributed by atoms with van der Waals surface area (Å²) in [5.74, 6) is 0.867. The van der Waals surface area contributed by atoms with Crippen molar-refractivity contribution in [3.05, 3.63) is 40.6 Å². The van der Waals surface area contributed by atoms with Crippen LogP contribution in [0.2, 0.25) is 0 Å². The SMILES string of the molecule is CNc1ccc2[nH]c(-c3cc(Br)ccc3F)nc2n1. The van der Waals surface area contributed by atoms with Crippen LogP contribution in [0.5, 0.6) is 0 Å². The third-order valence-electron chi connectivity index (χ3n) is 2.79. The van der Waals surface area contributed by atoms with Gasteiger partial charge in [-0.3, -0.25) is 0 Å². The molecule has 0 bridgehead atoms. The molecular formula is C13H10BrFN4. The van der Waals surface area contributed by atoms with Gasteiger partial charge in [0.2, 0.25) is 0 Å². The second kappa shape index (κ2) is 4.62. The molecule has 0 aliphatic rings. The lowest BCUT2D eigenvalue weighted by Crippen LogP contribution is -1.91. The van der Waals surface area contributed by atoms with E-state index in [0.717, 1.165) is 15.8 Å². The summed E-state index contributed by atoms with van der Waals surface area (Å²) in [7, 11) is 1.79. The van der Waals surface area contributed by atoms with Gasteiger partial charge in [-0.05, 0) is 30.3 Å². The Balaban J connectivity index is 2.17. The lowest BCUT2D eigenvalue weighted by Gasteiger charge is -1.99. The van der Waals surface area contributed by atoms with Crippen LogP contribution < -0.4 is 5.32 Å². The first-order valence-electron chi connectivity index (χ1n) is 5.67. The van der Waals surface area contributed by atoms with E-state index in [-0.39, 0.29) is 5.82 Å². The van der Waals surface area contributed by atoms with E-state index >= 15 is 0 Å². The fourth-order valence-corrected chi connectivity index (χ4v) is 2.20. The molecule has 0 radical (unpaired) electrons. The minimum Gasteiger partial charge on any atom is -0.373 e. The Hall–Kier alpha value is -1.95. The van der Waals surface area contributed by atoms with Gasteiger partial charge >= 0.3 is 0 Å². The molecule has 0 saturated carbocycles. The van der Waals surface area contributed by atoms with E-state index in [9.17, 15) is 4.39 Å². The molecule has 0 spiro atoms. The number of rotatable bonds is 2. The molecule has 2 aromatic heterocycles. The van der Waals surface area contributed by atoms with Crippen molar-refractivity contribution in [1.82, 2.24) is 15.0 Å². The minimum absolute atomic E-state index is 0.323. The number of hydrogen-bond acceptors (Lipinski definition) is 3. The molecule has 4 nitrogen and oxygen atoms in total. The van der Waals surface area contributed by atoms with Crippen molar-refractivity contribution in [1.29, 1.82) is 0 Å². The van der Waals surface area contributed by atoms with Gasteiger partial charge in [-0.25, -0.2) is 14.4 Å². The van der Waals surface area contributed by atoms with E-state index in [0.29, 0.717) is 17.0 Å². The fourth-order valence-electron chi connectivity index (χ4n) is 1.84. The Morgan fingerprint density at radius 2 is 2.05 bits per heavy atom. The Morgan fingerprint density at radius 1 is 1.21 bits per heavy atom. The quantitative estimate of drug-likeness (QED) is 0.759. The molecule has 0 fully saturated rings. The number of nitrogens with one attached hydrogen (secondary N) is 2. The van der Waals surface area contributed by atoms with Gasteiger partial charge in [0.15, 0.2) is 5.65 Å². The van der Waals surface area contributed by atoms with Crippen LogP contribution in [0.3, 0.4) is 0 Å². The average molecular weight is 321 g/mol. The third kappa shape index (κ3) is 2.19. The van der Waals surface area contributed by atoms with Crippen molar-refractivity contribution in [2.24, 2.45) is 0 Å². The van der Waals surface area contributed by atoms with Crippen LogP contribution in [0.15, 0.2) is 34.8 Å². The van der Waals surface area contributed by atoms with Crippen LogP contribution in [0, 0.1) is 5.82 Å². The van der Waals surface area contributed by atoms with Crippen LogP contribution >= 0.6 is 15.9 Å². The lowest BCUT2D eigenvalue weighted by molar-refractivity contribution is 0.630. The molecule has 2 N–H and O–H groups in total. The number of aromatic nitrogens is 3. The van der Waals surface area contributed by atoms with E-state index in [1.165, 1.54) is 6.07 Å². The number of H-pyrrole nitrogens is 1. The second-order valence-electron chi connectivity index (χ2n) is 4.03. The minimum atomic E-state index is -0.323. The highest BCUT2D eigenvalue weighted by atomic mass is 79.9. The second-order valence-corrected chi connectivity index (χ2v) is 4.94. The highest BCUT2D eigenvalue weighted by Crippen LogP contribution is 2.26. The molecule has 19 heavy (non-hydrogen) atoms. The molecule has 2 heterocycles. The lowest BCUT2D eigenvalue weighted by atomic mass is 10.2. The topological polar surface area (TPSA) is 53.6 Å². The van der Waals surface area contributed by atoms with Gasteiger partial charge in [0.25, 0.3) is 0 Å². The van der Waals surface area contributed by atoms with Gasteiger partial charge in [0.05, 0.1) is 11.1 Å². The fraction of sp³-hybridized carbons (Fsp3) is 0.0769. The smallest absolute Gasteiger partial charge is 0.180 e.